The summed E-state index contributed by atoms with van der Waals surface area (Å²) in [6.45, 7) is 2.30. The average molecular weight is 288 g/mol. The zero-order valence-corrected chi connectivity index (χ0v) is 12.4. The lowest BCUT2D eigenvalue weighted by Gasteiger charge is -2.30. The number of hydrogen-bond acceptors (Lipinski definition) is 4. The van der Waals surface area contributed by atoms with E-state index >= 15 is 0 Å². The summed E-state index contributed by atoms with van der Waals surface area (Å²) in [6.07, 6.45) is 7.29. The van der Waals surface area contributed by atoms with Gasteiger partial charge in [0.05, 0.1) is 11.8 Å². The van der Waals surface area contributed by atoms with Crippen molar-refractivity contribution in [1.29, 1.82) is 5.26 Å². The molecule has 1 aliphatic rings. The SMILES string of the molecule is CC(C#N)(CC1CCCCC1)NCCCS(=O)(=O)O. The first-order chi connectivity index (χ1) is 8.85. The summed E-state index contributed by atoms with van der Waals surface area (Å²) in [7, 11) is -3.90. The Labute approximate surface area is 116 Å². The predicted molar refractivity (Wildman–Crippen MR) is 74.2 cm³/mol. The van der Waals surface area contributed by atoms with Gasteiger partial charge >= 0.3 is 0 Å². The van der Waals surface area contributed by atoms with Crippen LogP contribution in [0.15, 0.2) is 0 Å². The second-order valence-electron chi connectivity index (χ2n) is 5.72. The van der Waals surface area contributed by atoms with Crippen LogP contribution in [0.2, 0.25) is 0 Å². The first kappa shape index (κ1) is 16.4. The van der Waals surface area contributed by atoms with Gasteiger partial charge < -0.3 is 0 Å². The van der Waals surface area contributed by atoms with Gasteiger partial charge in [0.25, 0.3) is 10.1 Å². The Hall–Kier alpha value is -0.640. The van der Waals surface area contributed by atoms with Crippen molar-refractivity contribution in [2.75, 3.05) is 12.3 Å². The van der Waals surface area contributed by atoms with E-state index < -0.39 is 15.7 Å². The number of nitriles is 1. The highest BCUT2D eigenvalue weighted by Crippen LogP contribution is 2.30. The zero-order chi connectivity index (χ0) is 14.4. The van der Waals surface area contributed by atoms with Crippen molar-refractivity contribution < 1.29 is 13.0 Å². The third-order valence-corrected chi connectivity index (χ3v) is 4.57. The minimum atomic E-state index is -3.90. The minimum absolute atomic E-state index is 0.259. The maximum atomic E-state index is 10.6. The summed E-state index contributed by atoms with van der Waals surface area (Å²) in [5.74, 6) is 0.331. The van der Waals surface area contributed by atoms with E-state index in [1.165, 1.54) is 32.1 Å². The van der Waals surface area contributed by atoms with Gasteiger partial charge in [-0.15, -0.1) is 0 Å². The molecule has 1 atom stereocenters. The van der Waals surface area contributed by atoms with Gasteiger partial charge in [0.2, 0.25) is 0 Å². The first-order valence-corrected chi connectivity index (χ1v) is 8.57. The smallest absolute Gasteiger partial charge is 0.264 e. The zero-order valence-electron chi connectivity index (χ0n) is 11.6. The molecule has 1 saturated carbocycles. The Kier molecular flexibility index (Phi) is 6.24. The first-order valence-electron chi connectivity index (χ1n) is 6.96. The van der Waals surface area contributed by atoms with Crippen molar-refractivity contribution >= 4 is 10.1 Å². The van der Waals surface area contributed by atoms with Gasteiger partial charge in [-0.05, 0) is 32.2 Å². The maximum Gasteiger partial charge on any atom is 0.264 e. The number of hydrogen-bond donors (Lipinski definition) is 2. The summed E-state index contributed by atoms with van der Waals surface area (Å²) in [5, 5.41) is 12.4. The fraction of sp³-hybridized carbons (Fsp3) is 0.923. The Morgan fingerprint density at radius 3 is 2.53 bits per heavy atom. The van der Waals surface area contributed by atoms with Crippen LogP contribution in [-0.4, -0.2) is 30.8 Å². The van der Waals surface area contributed by atoms with Crippen LogP contribution in [0.4, 0.5) is 0 Å². The molecule has 0 aromatic heterocycles. The molecule has 1 fully saturated rings. The van der Waals surface area contributed by atoms with Gasteiger partial charge in [-0.3, -0.25) is 9.87 Å². The van der Waals surface area contributed by atoms with Gasteiger partial charge in [0.15, 0.2) is 0 Å². The molecule has 0 heterocycles. The Morgan fingerprint density at radius 2 is 2.00 bits per heavy atom. The largest absolute Gasteiger partial charge is 0.300 e. The highest BCUT2D eigenvalue weighted by atomic mass is 32.2. The van der Waals surface area contributed by atoms with Crippen LogP contribution in [0.5, 0.6) is 0 Å². The van der Waals surface area contributed by atoms with Gasteiger partial charge in [-0.25, -0.2) is 0 Å². The molecule has 0 radical (unpaired) electrons. The Balaban J connectivity index is 2.35. The van der Waals surface area contributed by atoms with Gasteiger partial charge in [-0.2, -0.15) is 13.7 Å². The highest BCUT2D eigenvalue weighted by Gasteiger charge is 2.28. The van der Waals surface area contributed by atoms with E-state index in [1.54, 1.807) is 0 Å². The lowest BCUT2D eigenvalue weighted by molar-refractivity contribution is 0.272. The molecule has 1 rings (SSSR count). The molecule has 1 aliphatic carbocycles. The molecule has 0 spiro atoms. The molecule has 110 valence electrons. The molecular weight excluding hydrogens is 264 g/mol. The standard InChI is InChI=1S/C13H24N2O3S/c1-13(11-14,10-12-6-3-2-4-7-12)15-8-5-9-19(16,17)18/h12,15H,2-10H2,1H3,(H,16,17,18). The summed E-state index contributed by atoms with van der Waals surface area (Å²) < 4.78 is 29.9. The summed E-state index contributed by atoms with van der Waals surface area (Å²) in [5.41, 5.74) is -0.596. The summed E-state index contributed by atoms with van der Waals surface area (Å²) in [6, 6.07) is 2.30. The van der Waals surface area contributed by atoms with Crippen LogP contribution >= 0.6 is 0 Å². The predicted octanol–water partition coefficient (Wildman–Crippen LogP) is 2.11. The van der Waals surface area contributed by atoms with Crippen LogP contribution in [0.1, 0.15) is 51.9 Å². The average Bonchev–Trinajstić information content (AvgIpc) is 2.35. The molecule has 1 unspecified atom stereocenters. The molecule has 0 amide bonds. The second-order valence-corrected chi connectivity index (χ2v) is 7.29. The highest BCUT2D eigenvalue weighted by molar-refractivity contribution is 7.85. The van der Waals surface area contributed by atoms with E-state index in [2.05, 4.69) is 11.4 Å². The van der Waals surface area contributed by atoms with Crippen molar-refractivity contribution in [3.63, 3.8) is 0 Å². The molecule has 0 saturated heterocycles. The van der Waals surface area contributed by atoms with E-state index in [-0.39, 0.29) is 5.75 Å². The molecule has 0 aromatic carbocycles. The molecule has 2 N–H and O–H groups in total. The van der Waals surface area contributed by atoms with Gasteiger partial charge in [0, 0.05) is 0 Å². The third kappa shape index (κ3) is 6.90. The molecular formula is C13H24N2O3S. The van der Waals surface area contributed by atoms with Crippen LogP contribution in [0.25, 0.3) is 0 Å². The van der Waals surface area contributed by atoms with Crippen LogP contribution in [0, 0.1) is 17.2 Å². The summed E-state index contributed by atoms with van der Waals surface area (Å²) >= 11 is 0. The van der Waals surface area contributed by atoms with Crippen molar-refractivity contribution in [3.8, 4) is 6.07 Å². The number of nitrogens with one attached hydrogen (secondary N) is 1. The molecule has 5 nitrogen and oxygen atoms in total. The van der Waals surface area contributed by atoms with Crippen LogP contribution < -0.4 is 5.32 Å². The lowest BCUT2D eigenvalue weighted by Crippen LogP contribution is -2.43. The molecule has 6 heteroatoms. The normalized spacial score (nSPS) is 20.7. The molecule has 19 heavy (non-hydrogen) atoms. The second kappa shape index (κ2) is 7.22. The van der Waals surface area contributed by atoms with Gasteiger partial charge in [-0.1, -0.05) is 32.1 Å². The van der Waals surface area contributed by atoms with E-state index in [9.17, 15) is 13.7 Å². The van der Waals surface area contributed by atoms with Crippen molar-refractivity contribution in [2.24, 2.45) is 5.92 Å². The molecule has 0 bridgehead atoms. The minimum Gasteiger partial charge on any atom is -0.300 e. The van der Waals surface area contributed by atoms with Crippen LogP contribution in [0.3, 0.4) is 0 Å². The van der Waals surface area contributed by atoms with Crippen molar-refractivity contribution in [3.05, 3.63) is 0 Å². The topological polar surface area (TPSA) is 90.2 Å². The summed E-state index contributed by atoms with van der Waals surface area (Å²) in [4.78, 5) is 0. The van der Waals surface area contributed by atoms with Crippen molar-refractivity contribution in [2.45, 2.75) is 57.4 Å². The quantitative estimate of drug-likeness (QED) is 0.553. The third-order valence-electron chi connectivity index (χ3n) is 3.76. The van der Waals surface area contributed by atoms with Crippen molar-refractivity contribution in [1.82, 2.24) is 5.32 Å². The molecule has 0 aliphatic heterocycles. The fourth-order valence-electron chi connectivity index (χ4n) is 2.74. The van der Waals surface area contributed by atoms with E-state index in [0.29, 0.717) is 18.9 Å². The van der Waals surface area contributed by atoms with E-state index in [1.807, 2.05) is 6.92 Å². The van der Waals surface area contributed by atoms with Crippen LogP contribution in [-0.2, 0) is 10.1 Å². The Morgan fingerprint density at radius 1 is 1.37 bits per heavy atom. The number of rotatable bonds is 7. The lowest BCUT2D eigenvalue weighted by atomic mass is 9.80. The fourth-order valence-corrected chi connectivity index (χ4v) is 3.25. The monoisotopic (exact) mass is 288 g/mol. The number of nitrogens with zero attached hydrogens (tertiary/aromatic N) is 1. The maximum absolute atomic E-state index is 10.6. The van der Waals surface area contributed by atoms with E-state index in [0.717, 1.165) is 6.42 Å². The van der Waals surface area contributed by atoms with E-state index in [4.69, 9.17) is 4.55 Å². The van der Waals surface area contributed by atoms with Gasteiger partial charge in [0.1, 0.15) is 5.54 Å². The molecule has 0 aromatic rings. The Bertz CT molecular complexity index is 410.